The molecule has 2 aromatic carbocycles. The summed E-state index contributed by atoms with van der Waals surface area (Å²) < 4.78 is 1.29. The van der Waals surface area contributed by atoms with Crippen LogP contribution in [0.25, 0.3) is 22.9 Å². The average Bonchev–Trinajstić information content (AvgIpc) is 3.35. The molecule has 0 atom stereocenters. The van der Waals surface area contributed by atoms with E-state index >= 15 is 0 Å². The van der Waals surface area contributed by atoms with E-state index in [0.29, 0.717) is 11.1 Å². The van der Waals surface area contributed by atoms with Crippen molar-refractivity contribution in [1.29, 1.82) is 10.5 Å². The SMILES string of the molecule is CCC(=O)c1ccc2c(c1)C(C)(C)C(=CC=c1sc(=C(C#N)C#N)nc1-c1ccccc1)N2C. The van der Waals surface area contributed by atoms with Crippen LogP contribution in [0, 0.1) is 22.7 Å². The minimum Gasteiger partial charge on any atom is -0.347 e. The van der Waals surface area contributed by atoms with Gasteiger partial charge in [-0.1, -0.05) is 51.1 Å². The lowest BCUT2D eigenvalue weighted by Gasteiger charge is -2.23. The summed E-state index contributed by atoms with van der Waals surface area (Å²) in [6, 6.07) is 19.6. The fraction of sp³-hybridized carbons (Fsp3) is 0.214. The number of Topliss-reactive ketones (excluding diaryl/α,β-unsaturated/α-hetero) is 1. The molecule has 5 nitrogen and oxygen atoms in total. The third-order valence-electron chi connectivity index (χ3n) is 6.21. The summed E-state index contributed by atoms with van der Waals surface area (Å²) in [4.78, 5) is 19.1. The first-order valence-electron chi connectivity index (χ1n) is 11.0. The minimum atomic E-state index is -0.304. The van der Waals surface area contributed by atoms with Crippen LogP contribution in [-0.4, -0.2) is 17.8 Å². The van der Waals surface area contributed by atoms with E-state index in [0.717, 1.165) is 38.3 Å². The second-order valence-electron chi connectivity index (χ2n) is 8.61. The van der Waals surface area contributed by atoms with Gasteiger partial charge in [-0.05, 0) is 35.9 Å². The first-order chi connectivity index (χ1) is 16.3. The lowest BCUT2D eigenvalue weighted by molar-refractivity contribution is 0.0988. The number of fused-ring (bicyclic) bond motifs is 1. The van der Waals surface area contributed by atoms with Gasteiger partial charge < -0.3 is 4.90 Å². The van der Waals surface area contributed by atoms with E-state index in [1.165, 1.54) is 11.3 Å². The number of hydrogen-bond acceptors (Lipinski definition) is 6. The van der Waals surface area contributed by atoms with Crippen molar-refractivity contribution in [1.82, 2.24) is 4.98 Å². The van der Waals surface area contributed by atoms with Crippen LogP contribution in [0.3, 0.4) is 0 Å². The van der Waals surface area contributed by atoms with Gasteiger partial charge in [0, 0.05) is 41.4 Å². The fourth-order valence-electron chi connectivity index (χ4n) is 4.34. The molecule has 4 rings (SSSR count). The number of anilines is 1. The third-order valence-corrected chi connectivity index (χ3v) is 7.24. The average molecular weight is 465 g/mol. The summed E-state index contributed by atoms with van der Waals surface area (Å²) in [5, 5.41) is 18.7. The van der Waals surface area contributed by atoms with Crippen molar-refractivity contribution in [2.24, 2.45) is 0 Å². The summed E-state index contributed by atoms with van der Waals surface area (Å²) in [7, 11) is 2.03. The summed E-state index contributed by atoms with van der Waals surface area (Å²) in [5.41, 5.74) is 5.39. The Hall–Kier alpha value is -4.00. The summed E-state index contributed by atoms with van der Waals surface area (Å²) >= 11 is 1.33. The highest BCUT2D eigenvalue weighted by Gasteiger charge is 2.38. The number of aromatic nitrogens is 1. The van der Waals surface area contributed by atoms with Crippen molar-refractivity contribution in [2.45, 2.75) is 32.6 Å². The molecular weight excluding hydrogens is 440 g/mol. The number of thiazole rings is 1. The molecule has 1 aromatic heterocycles. The molecule has 6 heteroatoms. The Morgan fingerprint density at radius 2 is 1.82 bits per heavy atom. The molecule has 1 aliphatic heterocycles. The zero-order valence-electron chi connectivity index (χ0n) is 19.6. The number of ketones is 1. The molecule has 2 heterocycles. The largest absolute Gasteiger partial charge is 0.347 e. The van der Waals surface area contributed by atoms with Gasteiger partial charge in [0.2, 0.25) is 0 Å². The molecule has 0 amide bonds. The maximum Gasteiger partial charge on any atom is 0.165 e. The van der Waals surface area contributed by atoms with Crippen LogP contribution in [0.4, 0.5) is 5.69 Å². The molecule has 0 fully saturated rings. The first kappa shape index (κ1) is 23.2. The van der Waals surface area contributed by atoms with Crippen molar-refractivity contribution in [3.63, 3.8) is 0 Å². The molecule has 0 radical (unpaired) electrons. The molecule has 168 valence electrons. The number of likely N-dealkylation sites (N-methyl/N-ethyl adjacent to an activating group) is 1. The number of carbonyl (C=O) groups excluding carboxylic acids is 1. The van der Waals surface area contributed by atoms with Gasteiger partial charge in [0.1, 0.15) is 16.8 Å². The maximum atomic E-state index is 12.3. The second kappa shape index (κ2) is 9.09. The van der Waals surface area contributed by atoms with E-state index < -0.39 is 0 Å². The van der Waals surface area contributed by atoms with Gasteiger partial charge >= 0.3 is 0 Å². The highest BCUT2D eigenvalue weighted by atomic mass is 32.1. The molecular formula is C28H24N4OS. The highest BCUT2D eigenvalue weighted by Crippen LogP contribution is 2.47. The Kier molecular flexibility index (Phi) is 6.20. The number of nitrogens with zero attached hydrogens (tertiary/aromatic N) is 4. The number of benzene rings is 2. The summed E-state index contributed by atoms with van der Waals surface area (Å²) in [6.07, 6.45) is 4.56. The van der Waals surface area contributed by atoms with Crippen LogP contribution < -0.4 is 14.1 Å². The minimum absolute atomic E-state index is 0.00771. The summed E-state index contributed by atoms with van der Waals surface area (Å²) in [5.74, 6) is 0.136. The molecule has 0 spiro atoms. The molecule has 1 aliphatic rings. The molecule has 0 N–H and O–H groups in total. The number of allylic oxidation sites excluding steroid dienone is 2. The van der Waals surface area contributed by atoms with Crippen molar-refractivity contribution in [3.05, 3.63) is 80.6 Å². The maximum absolute atomic E-state index is 12.3. The van der Waals surface area contributed by atoms with E-state index in [4.69, 9.17) is 0 Å². The Labute approximate surface area is 203 Å². The van der Waals surface area contributed by atoms with Crippen molar-refractivity contribution >= 4 is 34.5 Å². The third kappa shape index (κ3) is 3.94. The highest BCUT2D eigenvalue weighted by molar-refractivity contribution is 7.08. The van der Waals surface area contributed by atoms with Crippen molar-refractivity contribution in [3.8, 4) is 23.4 Å². The molecule has 0 saturated carbocycles. The van der Waals surface area contributed by atoms with Gasteiger partial charge in [0.25, 0.3) is 0 Å². The molecule has 0 saturated heterocycles. The lowest BCUT2D eigenvalue weighted by atomic mass is 9.82. The second-order valence-corrected chi connectivity index (χ2v) is 9.64. The number of carbonyl (C=O) groups is 1. The first-order valence-corrected chi connectivity index (χ1v) is 11.8. The van der Waals surface area contributed by atoms with Crippen LogP contribution in [-0.2, 0) is 5.41 Å². The normalized spacial score (nSPS) is 15.6. The van der Waals surface area contributed by atoms with Gasteiger partial charge in [0.05, 0.1) is 10.2 Å². The Balaban J connectivity index is 1.89. The van der Waals surface area contributed by atoms with Gasteiger partial charge in [0.15, 0.2) is 11.4 Å². The predicted molar refractivity (Wildman–Crippen MR) is 136 cm³/mol. The zero-order valence-corrected chi connectivity index (χ0v) is 20.4. The van der Waals surface area contributed by atoms with Crippen LogP contribution in [0.15, 0.2) is 60.3 Å². The van der Waals surface area contributed by atoms with Gasteiger partial charge in [-0.25, -0.2) is 4.98 Å². The molecule has 0 unspecified atom stereocenters. The number of hydrogen-bond donors (Lipinski definition) is 0. The van der Waals surface area contributed by atoms with E-state index in [2.05, 4.69) is 29.8 Å². The Bertz CT molecular complexity index is 1500. The molecule has 34 heavy (non-hydrogen) atoms. The van der Waals surface area contributed by atoms with E-state index in [1.54, 1.807) is 0 Å². The molecule has 0 bridgehead atoms. The summed E-state index contributed by atoms with van der Waals surface area (Å²) in [6.45, 7) is 6.19. The zero-order chi connectivity index (χ0) is 24.5. The van der Waals surface area contributed by atoms with Crippen molar-refractivity contribution < 1.29 is 4.79 Å². The molecule has 0 aliphatic carbocycles. The standard InChI is InChI=1S/C28H24N4OS/c1-5-23(33)19-11-12-22-21(15-19)28(2,3)25(32(22)4)14-13-24-26(18-9-7-6-8-10-18)31-27(34-24)20(16-29)17-30/h6-15H,5H2,1-4H3. The molecule has 3 aromatic rings. The van der Waals surface area contributed by atoms with Crippen molar-refractivity contribution in [2.75, 3.05) is 11.9 Å². The number of rotatable bonds is 4. The van der Waals surface area contributed by atoms with E-state index in [9.17, 15) is 15.3 Å². The topological polar surface area (TPSA) is 80.8 Å². The van der Waals surface area contributed by atoms with Crippen LogP contribution >= 0.6 is 11.3 Å². The van der Waals surface area contributed by atoms with Crippen LogP contribution in [0.1, 0.15) is 43.1 Å². The Morgan fingerprint density at radius 1 is 1.12 bits per heavy atom. The van der Waals surface area contributed by atoms with E-state index in [1.807, 2.05) is 80.7 Å². The number of nitriles is 2. The van der Waals surface area contributed by atoms with Crippen LogP contribution in [0.2, 0.25) is 0 Å². The van der Waals surface area contributed by atoms with Gasteiger partial charge in [-0.3, -0.25) is 4.79 Å². The van der Waals surface area contributed by atoms with Crippen LogP contribution in [0.5, 0.6) is 0 Å². The van der Waals surface area contributed by atoms with Gasteiger partial charge in [-0.2, -0.15) is 10.5 Å². The fourth-order valence-corrected chi connectivity index (χ4v) is 5.28. The predicted octanol–water partition coefficient (Wildman–Crippen LogP) is 4.69. The smallest absolute Gasteiger partial charge is 0.165 e. The quantitative estimate of drug-likeness (QED) is 0.523. The lowest BCUT2D eigenvalue weighted by Crippen LogP contribution is -2.22. The monoisotopic (exact) mass is 464 g/mol. The van der Waals surface area contributed by atoms with Gasteiger partial charge in [-0.15, -0.1) is 11.3 Å². The van der Waals surface area contributed by atoms with E-state index in [-0.39, 0.29) is 16.8 Å². The Morgan fingerprint density at radius 3 is 2.47 bits per heavy atom.